The molecule has 0 saturated heterocycles. The third-order valence-electron chi connectivity index (χ3n) is 5.16. The molecule has 1 aromatic carbocycles. The Hall–Kier alpha value is -2.57. The first kappa shape index (κ1) is 20.2. The molecule has 2 aromatic rings. The van der Waals surface area contributed by atoms with E-state index in [-0.39, 0.29) is 23.8 Å². The van der Waals surface area contributed by atoms with Gasteiger partial charge in [-0.1, -0.05) is 24.6 Å². The van der Waals surface area contributed by atoms with Crippen molar-refractivity contribution in [2.75, 3.05) is 0 Å². The average molecular weight is 392 g/mol. The highest BCUT2D eigenvalue weighted by Crippen LogP contribution is 2.39. The van der Waals surface area contributed by atoms with Crippen LogP contribution in [-0.4, -0.2) is 10.9 Å². The number of carbonyl (C=O) groups excluding carboxylic acids is 1. The van der Waals surface area contributed by atoms with Crippen LogP contribution in [0.3, 0.4) is 0 Å². The minimum Gasteiger partial charge on any atom is -0.370 e. The van der Waals surface area contributed by atoms with Crippen LogP contribution in [-0.2, 0) is 11.0 Å². The smallest absolute Gasteiger partial charge is 0.370 e. The maximum atomic E-state index is 12.9. The Balaban J connectivity index is 1.85. The number of aromatic amines is 1. The predicted octanol–water partition coefficient (Wildman–Crippen LogP) is 4.45. The van der Waals surface area contributed by atoms with E-state index in [0.29, 0.717) is 36.4 Å². The zero-order valence-electron chi connectivity index (χ0n) is 15.4. The summed E-state index contributed by atoms with van der Waals surface area (Å²) in [6, 6.07) is 8.70. The van der Waals surface area contributed by atoms with E-state index >= 15 is 0 Å². The van der Waals surface area contributed by atoms with Gasteiger partial charge in [-0.25, -0.2) is 0 Å². The summed E-state index contributed by atoms with van der Waals surface area (Å²) >= 11 is 0. The van der Waals surface area contributed by atoms with Gasteiger partial charge in [0, 0.05) is 23.6 Å². The molecule has 4 nitrogen and oxygen atoms in total. The molecule has 0 bridgehead atoms. The van der Waals surface area contributed by atoms with Crippen molar-refractivity contribution in [2.24, 2.45) is 5.73 Å². The lowest BCUT2D eigenvalue weighted by Crippen LogP contribution is -2.16. The highest BCUT2D eigenvalue weighted by molar-refractivity contribution is 5.73. The van der Waals surface area contributed by atoms with Crippen molar-refractivity contribution in [3.8, 4) is 0 Å². The van der Waals surface area contributed by atoms with E-state index in [9.17, 15) is 22.8 Å². The van der Waals surface area contributed by atoms with Crippen LogP contribution >= 0.6 is 0 Å². The number of carbonyl (C=O) groups is 1. The lowest BCUT2D eigenvalue weighted by Gasteiger charge is -2.19. The Morgan fingerprint density at radius 1 is 1.11 bits per heavy atom. The minimum atomic E-state index is -4.39. The first-order valence-electron chi connectivity index (χ1n) is 9.44. The molecule has 0 aliphatic heterocycles. The fourth-order valence-corrected chi connectivity index (χ4v) is 3.47. The molecule has 3 N–H and O–H groups in total. The maximum absolute atomic E-state index is 12.9. The number of hydrogen-bond acceptors (Lipinski definition) is 2. The van der Waals surface area contributed by atoms with Crippen LogP contribution in [0.2, 0.25) is 0 Å². The number of amides is 1. The van der Waals surface area contributed by atoms with E-state index in [1.165, 1.54) is 12.1 Å². The molecule has 1 heterocycles. The molecule has 1 aliphatic carbocycles. The van der Waals surface area contributed by atoms with Crippen molar-refractivity contribution < 1.29 is 18.0 Å². The standard InChI is InChI=1S/C21H23F3N2O2/c22-21(23,24)15-9-7-13(8-10-15)16(3-1-2-4-19(25)27)18-12-11-17(14-5-6-14)20(28)26-18/h7-12,14,16H,1-6H2,(H2,25,27)(H,26,28)/t16-/m1/s1. The van der Waals surface area contributed by atoms with Crippen LogP contribution < -0.4 is 11.3 Å². The summed E-state index contributed by atoms with van der Waals surface area (Å²) in [5.41, 5.74) is 6.47. The van der Waals surface area contributed by atoms with Gasteiger partial charge in [0.15, 0.2) is 0 Å². The zero-order chi connectivity index (χ0) is 20.3. The number of aromatic nitrogens is 1. The van der Waals surface area contributed by atoms with E-state index in [0.717, 1.165) is 30.5 Å². The van der Waals surface area contributed by atoms with Crippen molar-refractivity contribution in [1.82, 2.24) is 4.98 Å². The number of hydrogen-bond donors (Lipinski definition) is 2. The van der Waals surface area contributed by atoms with Crippen LogP contribution in [0.25, 0.3) is 0 Å². The van der Waals surface area contributed by atoms with Gasteiger partial charge in [-0.3, -0.25) is 9.59 Å². The number of rotatable bonds is 8. The van der Waals surface area contributed by atoms with Gasteiger partial charge >= 0.3 is 6.18 Å². The molecule has 1 amide bonds. The second kappa shape index (κ2) is 8.20. The molecular formula is C21H23F3N2O2. The molecule has 1 aromatic heterocycles. The molecule has 1 aliphatic rings. The number of H-pyrrole nitrogens is 1. The third-order valence-corrected chi connectivity index (χ3v) is 5.16. The number of halogens is 3. The second-order valence-electron chi connectivity index (χ2n) is 7.36. The summed E-state index contributed by atoms with van der Waals surface area (Å²) in [4.78, 5) is 26.3. The van der Waals surface area contributed by atoms with Crippen LogP contribution in [0, 0.1) is 0 Å². The van der Waals surface area contributed by atoms with Gasteiger partial charge in [0.1, 0.15) is 0 Å². The highest BCUT2D eigenvalue weighted by atomic mass is 19.4. The molecular weight excluding hydrogens is 369 g/mol. The van der Waals surface area contributed by atoms with Crippen molar-refractivity contribution in [2.45, 2.75) is 56.5 Å². The lowest BCUT2D eigenvalue weighted by molar-refractivity contribution is -0.137. The minimum absolute atomic E-state index is 0.131. The molecule has 150 valence electrons. The molecule has 28 heavy (non-hydrogen) atoms. The summed E-state index contributed by atoms with van der Waals surface area (Å²) in [7, 11) is 0. The summed E-state index contributed by atoms with van der Waals surface area (Å²) in [5, 5.41) is 0. The quantitative estimate of drug-likeness (QED) is 0.651. The predicted molar refractivity (Wildman–Crippen MR) is 100.0 cm³/mol. The van der Waals surface area contributed by atoms with Crippen molar-refractivity contribution in [1.29, 1.82) is 0 Å². The summed E-state index contributed by atoms with van der Waals surface area (Å²) in [6.07, 6.45) is -0.252. The van der Waals surface area contributed by atoms with Crippen LogP contribution in [0.5, 0.6) is 0 Å². The van der Waals surface area contributed by atoms with E-state index in [1.807, 2.05) is 12.1 Å². The first-order valence-corrected chi connectivity index (χ1v) is 9.44. The highest BCUT2D eigenvalue weighted by Gasteiger charge is 2.30. The number of nitrogens with one attached hydrogen (secondary N) is 1. The van der Waals surface area contributed by atoms with Crippen LogP contribution in [0.15, 0.2) is 41.2 Å². The number of benzene rings is 1. The van der Waals surface area contributed by atoms with Gasteiger partial charge < -0.3 is 10.7 Å². The normalized spacial score (nSPS) is 15.4. The van der Waals surface area contributed by atoms with Gasteiger partial charge in [0.2, 0.25) is 5.91 Å². The maximum Gasteiger partial charge on any atom is 0.416 e. The van der Waals surface area contributed by atoms with E-state index in [1.54, 1.807) is 0 Å². The Kier molecular flexibility index (Phi) is 5.91. The van der Waals surface area contributed by atoms with Gasteiger partial charge in [0.05, 0.1) is 5.56 Å². The SMILES string of the molecule is NC(=O)CCCC[C@H](c1ccc(C(F)(F)F)cc1)c1ccc(C2CC2)c(=O)[nH]1. The summed E-state index contributed by atoms with van der Waals surface area (Å²) in [5.74, 6) is -0.317. The number of unbranched alkanes of at least 4 members (excludes halogenated alkanes) is 1. The Morgan fingerprint density at radius 2 is 1.79 bits per heavy atom. The first-order chi connectivity index (χ1) is 13.3. The average Bonchev–Trinajstić information content (AvgIpc) is 3.46. The molecule has 0 spiro atoms. The van der Waals surface area contributed by atoms with E-state index < -0.39 is 11.7 Å². The molecule has 3 rings (SSSR count). The third kappa shape index (κ3) is 5.03. The molecule has 1 saturated carbocycles. The lowest BCUT2D eigenvalue weighted by atomic mass is 9.89. The largest absolute Gasteiger partial charge is 0.416 e. The topological polar surface area (TPSA) is 76.0 Å². The molecule has 1 fully saturated rings. The Labute approximate surface area is 161 Å². The fourth-order valence-electron chi connectivity index (χ4n) is 3.47. The second-order valence-corrected chi connectivity index (χ2v) is 7.36. The van der Waals surface area contributed by atoms with Gasteiger partial charge in [0.25, 0.3) is 5.56 Å². The van der Waals surface area contributed by atoms with Gasteiger partial charge in [-0.15, -0.1) is 0 Å². The Bertz CT molecular complexity index is 884. The van der Waals surface area contributed by atoms with E-state index in [2.05, 4.69) is 4.98 Å². The number of pyridine rings is 1. The number of alkyl halides is 3. The number of nitrogens with two attached hydrogens (primary N) is 1. The molecule has 7 heteroatoms. The molecule has 1 atom stereocenters. The summed E-state index contributed by atoms with van der Waals surface area (Å²) in [6.45, 7) is 0. The van der Waals surface area contributed by atoms with Crippen LogP contribution in [0.1, 0.15) is 72.7 Å². The van der Waals surface area contributed by atoms with Crippen molar-refractivity contribution in [3.05, 3.63) is 69.1 Å². The monoisotopic (exact) mass is 392 g/mol. The van der Waals surface area contributed by atoms with E-state index in [4.69, 9.17) is 5.73 Å². The van der Waals surface area contributed by atoms with Gasteiger partial charge in [-0.2, -0.15) is 13.2 Å². The van der Waals surface area contributed by atoms with Gasteiger partial charge in [-0.05, 0) is 55.4 Å². The van der Waals surface area contributed by atoms with Crippen LogP contribution in [0.4, 0.5) is 13.2 Å². The fraction of sp³-hybridized carbons (Fsp3) is 0.429. The summed E-state index contributed by atoms with van der Waals surface area (Å²) < 4.78 is 38.6. The number of primary amides is 1. The van der Waals surface area contributed by atoms with Crippen molar-refractivity contribution in [3.63, 3.8) is 0 Å². The van der Waals surface area contributed by atoms with Crippen molar-refractivity contribution >= 4 is 5.91 Å². The molecule has 0 unspecified atom stereocenters. The molecule has 0 radical (unpaired) electrons. The zero-order valence-corrected chi connectivity index (χ0v) is 15.4. The Morgan fingerprint density at radius 3 is 2.32 bits per heavy atom.